The van der Waals surface area contributed by atoms with E-state index in [0.29, 0.717) is 0 Å². The summed E-state index contributed by atoms with van der Waals surface area (Å²) in [7, 11) is 0. The molecule has 1 aliphatic carbocycles. The summed E-state index contributed by atoms with van der Waals surface area (Å²) in [5, 5.41) is 4.56. The number of rotatable bonds is 3. The van der Waals surface area contributed by atoms with Gasteiger partial charge in [-0.1, -0.05) is 49.6 Å². The van der Waals surface area contributed by atoms with Crippen molar-refractivity contribution in [2.45, 2.75) is 38.6 Å². The van der Waals surface area contributed by atoms with Crippen molar-refractivity contribution in [1.29, 1.82) is 0 Å². The Morgan fingerprint density at radius 2 is 1.84 bits per heavy atom. The van der Waals surface area contributed by atoms with Gasteiger partial charge in [0, 0.05) is 12.1 Å². The van der Waals surface area contributed by atoms with Crippen molar-refractivity contribution in [1.82, 2.24) is 9.78 Å². The molecule has 0 spiro atoms. The molecule has 0 N–H and O–H groups in total. The Bertz CT molecular complexity index is 527. The fourth-order valence-electron chi connectivity index (χ4n) is 3.00. The number of halogens is 1. The molecule has 1 fully saturated rings. The minimum Gasteiger partial charge on any atom is -0.263 e. The summed E-state index contributed by atoms with van der Waals surface area (Å²) in [4.78, 5) is 0. The molecule has 2 nitrogen and oxygen atoms in total. The standard InChI is InChI=1S/C16H19BrN2/c17-15-11-18-19(12-13-7-3-1-4-8-13)16(15)14-9-5-2-6-10-14/h2,5-6,9-11,13H,1,3-4,7-8,12H2. The first-order valence-corrected chi connectivity index (χ1v) is 7.90. The van der Waals surface area contributed by atoms with E-state index in [1.807, 2.05) is 6.20 Å². The number of benzene rings is 1. The highest BCUT2D eigenvalue weighted by atomic mass is 79.9. The van der Waals surface area contributed by atoms with Crippen LogP contribution in [0.3, 0.4) is 0 Å². The Hall–Kier alpha value is -1.09. The summed E-state index contributed by atoms with van der Waals surface area (Å²) in [6.45, 7) is 1.05. The predicted octanol–water partition coefficient (Wildman–Crippen LogP) is 4.89. The van der Waals surface area contributed by atoms with Crippen LogP contribution >= 0.6 is 15.9 Å². The highest BCUT2D eigenvalue weighted by molar-refractivity contribution is 9.10. The lowest BCUT2D eigenvalue weighted by Crippen LogP contribution is -2.15. The Morgan fingerprint density at radius 3 is 2.58 bits per heavy atom. The van der Waals surface area contributed by atoms with Gasteiger partial charge in [-0.3, -0.25) is 4.68 Å². The van der Waals surface area contributed by atoms with Crippen LogP contribution in [0.5, 0.6) is 0 Å². The molecule has 1 heterocycles. The van der Waals surface area contributed by atoms with E-state index in [2.05, 4.69) is 56.0 Å². The molecule has 2 aromatic rings. The maximum Gasteiger partial charge on any atom is 0.0824 e. The molecule has 0 saturated heterocycles. The van der Waals surface area contributed by atoms with Crippen LogP contribution in [0.15, 0.2) is 41.0 Å². The molecule has 0 radical (unpaired) electrons. The average molecular weight is 319 g/mol. The fourth-order valence-corrected chi connectivity index (χ4v) is 3.52. The molecule has 3 heteroatoms. The molecule has 0 aliphatic heterocycles. The Labute approximate surface area is 123 Å². The van der Waals surface area contributed by atoms with Gasteiger partial charge in [0.25, 0.3) is 0 Å². The molecule has 1 saturated carbocycles. The lowest BCUT2D eigenvalue weighted by Gasteiger charge is -2.22. The van der Waals surface area contributed by atoms with E-state index >= 15 is 0 Å². The van der Waals surface area contributed by atoms with Crippen LogP contribution in [0.25, 0.3) is 11.3 Å². The molecular weight excluding hydrogens is 300 g/mol. The summed E-state index contributed by atoms with van der Waals surface area (Å²) in [5.41, 5.74) is 2.45. The molecule has 100 valence electrons. The fraction of sp³-hybridized carbons (Fsp3) is 0.438. The third kappa shape index (κ3) is 2.92. The lowest BCUT2D eigenvalue weighted by molar-refractivity contribution is 0.309. The zero-order valence-corrected chi connectivity index (χ0v) is 12.6. The van der Waals surface area contributed by atoms with Gasteiger partial charge in [-0.25, -0.2) is 0 Å². The van der Waals surface area contributed by atoms with Gasteiger partial charge in [0.15, 0.2) is 0 Å². The van der Waals surface area contributed by atoms with Gasteiger partial charge in [0.2, 0.25) is 0 Å². The first-order chi connectivity index (χ1) is 9.34. The van der Waals surface area contributed by atoms with Crippen molar-refractivity contribution in [3.05, 3.63) is 41.0 Å². The molecule has 0 atom stereocenters. The number of aromatic nitrogens is 2. The zero-order chi connectivity index (χ0) is 13.1. The predicted molar refractivity (Wildman–Crippen MR) is 81.9 cm³/mol. The van der Waals surface area contributed by atoms with Crippen LogP contribution in [0.1, 0.15) is 32.1 Å². The van der Waals surface area contributed by atoms with Crippen LogP contribution < -0.4 is 0 Å². The third-order valence-electron chi connectivity index (χ3n) is 4.00. The van der Waals surface area contributed by atoms with E-state index in [0.717, 1.165) is 16.9 Å². The molecule has 1 aromatic carbocycles. The molecule has 0 amide bonds. The monoisotopic (exact) mass is 318 g/mol. The highest BCUT2D eigenvalue weighted by Gasteiger charge is 2.17. The number of hydrogen-bond donors (Lipinski definition) is 0. The summed E-state index contributed by atoms with van der Waals surface area (Å²) >= 11 is 3.64. The lowest BCUT2D eigenvalue weighted by atomic mass is 9.89. The summed E-state index contributed by atoms with van der Waals surface area (Å²) in [5.74, 6) is 0.794. The van der Waals surface area contributed by atoms with Crippen molar-refractivity contribution < 1.29 is 0 Å². The van der Waals surface area contributed by atoms with Gasteiger partial charge in [-0.2, -0.15) is 5.10 Å². The van der Waals surface area contributed by atoms with Gasteiger partial charge in [0.05, 0.1) is 16.4 Å². The van der Waals surface area contributed by atoms with Gasteiger partial charge < -0.3 is 0 Å². The molecule has 0 unspecified atom stereocenters. The minimum atomic E-state index is 0.794. The number of nitrogens with zero attached hydrogens (tertiary/aromatic N) is 2. The second-order valence-electron chi connectivity index (χ2n) is 5.39. The van der Waals surface area contributed by atoms with Gasteiger partial charge in [-0.15, -0.1) is 0 Å². The molecule has 19 heavy (non-hydrogen) atoms. The van der Waals surface area contributed by atoms with E-state index in [-0.39, 0.29) is 0 Å². The second-order valence-corrected chi connectivity index (χ2v) is 6.25. The Balaban J connectivity index is 1.86. The van der Waals surface area contributed by atoms with Crippen molar-refractivity contribution in [2.24, 2.45) is 5.92 Å². The Kier molecular flexibility index (Phi) is 4.02. The van der Waals surface area contributed by atoms with Crippen molar-refractivity contribution in [3.8, 4) is 11.3 Å². The van der Waals surface area contributed by atoms with Crippen LogP contribution in [0, 0.1) is 5.92 Å². The normalized spacial score (nSPS) is 16.7. The zero-order valence-electron chi connectivity index (χ0n) is 11.1. The molecular formula is C16H19BrN2. The molecule has 1 aromatic heterocycles. The van der Waals surface area contributed by atoms with E-state index in [1.165, 1.54) is 43.4 Å². The third-order valence-corrected chi connectivity index (χ3v) is 4.58. The van der Waals surface area contributed by atoms with Crippen LogP contribution in [-0.4, -0.2) is 9.78 Å². The summed E-state index contributed by atoms with van der Waals surface area (Å²) in [6.07, 6.45) is 8.80. The summed E-state index contributed by atoms with van der Waals surface area (Å²) < 4.78 is 3.27. The van der Waals surface area contributed by atoms with E-state index in [4.69, 9.17) is 0 Å². The minimum absolute atomic E-state index is 0.794. The largest absolute Gasteiger partial charge is 0.263 e. The quantitative estimate of drug-likeness (QED) is 0.787. The van der Waals surface area contributed by atoms with Crippen molar-refractivity contribution in [2.75, 3.05) is 0 Å². The van der Waals surface area contributed by atoms with E-state index in [1.54, 1.807) is 0 Å². The maximum absolute atomic E-state index is 4.56. The summed E-state index contributed by atoms with van der Waals surface area (Å²) in [6, 6.07) is 10.5. The number of hydrogen-bond acceptors (Lipinski definition) is 1. The molecule has 0 bridgehead atoms. The van der Waals surface area contributed by atoms with Crippen molar-refractivity contribution in [3.63, 3.8) is 0 Å². The smallest absolute Gasteiger partial charge is 0.0824 e. The van der Waals surface area contributed by atoms with Crippen LogP contribution in [-0.2, 0) is 6.54 Å². The average Bonchev–Trinajstić information content (AvgIpc) is 2.82. The second kappa shape index (κ2) is 5.91. The van der Waals surface area contributed by atoms with E-state index in [9.17, 15) is 0 Å². The first kappa shape index (κ1) is 12.9. The SMILES string of the molecule is Brc1cnn(CC2CCCCC2)c1-c1ccccc1. The van der Waals surface area contributed by atoms with Crippen molar-refractivity contribution >= 4 is 15.9 Å². The van der Waals surface area contributed by atoms with Crippen LogP contribution in [0.2, 0.25) is 0 Å². The highest BCUT2D eigenvalue weighted by Crippen LogP contribution is 2.31. The molecule has 3 rings (SSSR count). The molecule has 1 aliphatic rings. The maximum atomic E-state index is 4.56. The van der Waals surface area contributed by atoms with Crippen LogP contribution in [0.4, 0.5) is 0 Å². The Morgan fingerprint density at radius 1 is 1.11 bits per heavy atom. The van der Waals surface area contributed by atoms with Gasteiger partial charge >= 0.3 is 0 Å². The van der Waals surface area contributed by atoms with E-state index < -0.39 is 0 Å². The topological polar surface area (TPSA) is 17.8 Å². The first-order valence-electron chi connectivity index (χ1n) is 7.11. The van der Waals surface area contributed by atoms with Gasteiger partial charge in [0.1, 0.15) is 0 Å². The van der Waals surface area contributed by atoms with Gasteiger partial charge in [-0.05, 0) is 34.7 Å².